The second-order valence-corrected chi connectivity index (χ2v) is 12.4. The van der Waals surface area contributed by atoms with E-state index in [0.717, 1.165) is 11.8 Å². The average molecular weight is 577 g/mol. The second kappa shape index (κ2) is 13.3. The first-order valence-electron chi connectivity index (χ1n) is 15.3. The van der Waals surface area contributed by atoms with E-state index in [2.05, 4.69) is 35.6 Å². The third-order valence-corrected chi connectivity index (χ3v) is 9.90. The van der Waals surface area contributed by atoms with Crippen molar-refractivity contribution in [2.24, 2.45) is 17.8 Å². The lowest BCUT2D eigenvalue weighted by Gasteiger charge is -2.38. The summed E-state index contributed by atoms with van der Waals surface area (Å²) in [6.45, 7) is 4.39. The Morgan fingerprint density at radius 1 is 0.707 bits per heavy atom. The van der Waals surface area contributed by atoms with Gasteiger partial charge in [-0.1, -0.05) is 30.3 Å². The van der Waals surface area contributed by atoms with Gasteiger partial charge in [0.05, 0.1) is 18.6 Å². The van der Waals surface area contributed by atoms with Crippen LogP contribution in [0.2, 0.25) is 0 Å². The fourth-order valence-electron chi connectivity index (χ4n) is 7.49. The van der Waals surface area contributed by atoms with Crippen LogP contribution in [-0.4, -0.2) is 18.8 Å². The molecule has 0 amide bonds. The molecular weight excluding hydrogens is 535 g/mol. The maximum absolute atomic E-state index is 14.8. The Morgan fingerprint density at radius 3 is 1.66 bits per heavy atom. The van der Waals surface area contributed by atoms with Crippen LogP contribution >= 0.6 is 0 Å². The molecule has 224 valence electrons. The van der Waals surface area contributed by atoms with E-state index >= 15 is 0 Å². The molecule has 0 heterocycles. The van der Waals surface area contributed by atoms with Crippen molar-refractivity contribution in [1.82, 2.24) is 0 Å². The van der Waals surface area contributed by atoms with Gasteiger partial charge in [-0.3, -0.25) is 0 Å². The van der Waals surface area contributed by atoms with Crippen molar-refractivity contribution in [1.29, 1.82) is 0 Å². The Kier molecular flexibility index (Phi) is 9.73. The molecule has 0 aliphatic heterocycles. The predicted octanol–water partition coefficient (Wildman–Crippen LogP) is 10.1. The molecule has 0 spiro atoms. The van der Waals surface area contributed by atoms with E-state index in [1.165, 1.54) is 62.5 Å². The highest BCUT2D eigenvalue weighted by Crippen LogP contribution is 2.45. The SMILES string of the molecule is C=CCOC1CCC(C2CCC(c3ccc(C4CCC(C(F)(F)Oc5cc(F)c(F)c(F)c5)CC4)cc3)CC2)CC1. The Morgan fingerprint density at radius 2 is 1.17 bits per heavy atom. The zero-order chi connectivity index (χ0) is 29.0. The summed E-state index contributed by atoms with van der Waals surface area (Å²) < 4.78 is 80.1. The van der Waals surface area contributed by atoms with Crippen LogP contribution in [0.25, 0.3) is 0 Å². The first-order chi connectivity index (χ1) is 19.7. The van der Waals surface area contributed by atoms with Crippen molar-refractivity contribution in [2.45, 2.75) is 101 Å². The minimum atomic E-state index is -3.59. The summed E-state index contributed by atoms with van der Waals surface area (Å²) in [4.78, 5) is 0. The molecule has 0 aromatic heterocycles. The second-order valence-electron chi connectivity index (χ2n) is 12.4. The normalized spacial score (nSPS) is 29.2. The quantitative estimate of drug-likeness (QED) is 0.168. The highest BCUT2D eigenvalue weighted by atomic mass is 19.3. The van der Waals surface area contributed by atoms with Gasteiger partial charge in [0.25, 0.3) is 0 Å². The van der Waals surface area contributed by atoms with Gasteiger partial charge >= 0.3 is 6.11 Å². The van der Waals surface area contributed by atoms with Gasteiger partial charge in [0.1, 0.15) is 5.75 Å². The summed E-state index contributed by atoms with van der Waals surface area (Å²) in [6.07, 6.45) is 10.2. The molecule has 5 rings (SSSR count). The van der Waals surface area contributed by atoms with E-state index in [0.29, 0.717) is 43.6 Å². The molecule has 0 bridgehead atoms. The molecule has 3 aliphatic rings. The molecule has 2 nitrogen and oxygen atoms in total. The number of benzene rings is 2. The zero-order valence-corrected chi connectivity index (χ0v) is 23.6. The first kappa shape index (κ1) is 30.1. The molecule has 41 heavy (non-hydrogen) atoms. The molecule has 3 saturated carbocycles. The maximum atomic E-state index is 14.8. The van der Waals surface area contributed by atoms with Crippen molar-refractivity contribution < 1.29 is 31.4 Å². The van der Waals surface area contributed by atoms with Gasteiger partial charge in [0, 0.05) is 12.1 Å². The molecule has 0 N–H and O–H groups in total. The van der Waals surface area contributed by atoms with Crippen LogP contribution < -0.4 is 4.74 Å². The molecule has 0 saturated heterocycles. The fraction of sp³-hybridized carbons (Fsp3) is 0.588. The van der Waals surface area contributed by atoms with Crippen molar-refractivity contribution in [2.75, 3.05) is 6.61 Å². The summed E-state index contributed by atoms with van der Waals surface area (Å²) in [5.74, 6) is -4.16. The third-order valence-electron chi connectivity index (χ3n) is 9.90. The molecule has 0 radical (unpaired) electrons. The minimum Gasteiger partial charge on any atom is -0.432 e. The minimum absolute atomic E-state index is 0.193. The Labute approximate surface area is 240 Å². The monoisotopic (exact) mass is 576 g/mol. The van der Waals surface area contributed by atoms with E-state index in [-0.39, 0.29) is 18.8 Å². The van der Waals surface area contributed by atoms with Gasteiger partial charge in [0.2, 0.25) is 0 Å². The van der Waals surface area contributed by atoms with Crippen molar-refractivity contribution in [3.63, 3.8) is 0 Å². The predicted molar refractivity (Wildman–Crippen MR) is 150 cm³/mol. The van der Waals surface area contributed by atoms with Crippen molar-refractivity contribution in [3.05, 3.63) is 77.6 Å². The molecule has 3 aliphatic carbocycles. The van der Waals surface area contributed by atoms with Gasteiger partial charge < -0.3 is 9.47 Å². The van der Waals surface area contributed by atoms with Crippen LogP contribution in [0, 0.1) is 35.2 Å². The Hall–Kier alpha value is -2.41. The first-order valence-corrected chi connectivity index (χ1v) is 15.3. The maximum Gasteiger partial charge on any atom is 0.400 e. The molecular formula is C34H41F5O2. The number of hydrogen-bond acceptors (Lipinski definition) is 2. The molecule has 0 atom stereocenters. The molecule has 2 aromatic carbocycles. The van der Waals surface area contributed by atoms with Gasteiger partial charge in [-0.15, -0.1) is 6.58 Å². The Bertz CT molecular complexity index is 1120. The van der Waals surface area contributed by atoms with Crippen LogP contribution in [0.3, 0.4) is 0 Å². The smallest absolute Gasteiger partial charge is 0.400 e. The largest absolute Gasteiger partial charge is 0.432 e. The van der Waals surface area contributed by atoms with E-state index < -0.39 is 35.2 Å². The van der Waals surface area contributed by atoms with E-state index in [4.69, 9.17) is 4.74 Å². The summed E-state index contributed by atoms with van der Waals surface area (Å²) in [6, 6.07) is 9.69. The average Bonchev–Trinajstić information content (AvgIpc) is 2.99. The lowest BCUT2D eigenvalue weighted by atomic mass is 9.69. The standard InChI is InChI=1S/C34H41F5O2/c1-2-19-40-29-17-13-27(14-18-29)25-9-5-23(6-10-25)22-3-7-24(8-4-22)26-11-15-28(16-12-26)34(38,39)41-30-20-31(35)33(37)32(36)21-30/h2-4,7-8,20-21,23,25-29H,1,5-6,9-19H2. The lowest BCUT2D eigenvalue weighted by Crippen LogP contribution is -2.37. The van der Waals surface area contributed by atoms with Gasteiger partial charge in [-0.25, -0.2) is 13.2 Å². The Balaban J connectivity index is 1.08. The number of alkyl halides is 2. The van der Waals surface area contributed by atoms with E-state index in [1.54, 1.807) is 0 Å². The van der Waals surface area contributed by atoms with Gasteiger partial charge in [-0.2, -0.15) is 8.78 Å². The van der Waals surface area contributed by atoms with Gasteiger partial charge in [0.15, 0.2) is 17.5 Å². The third kappa shape index (κ3) is 7.33. The topological polar surface area (TPSA) is 18.5 Å². The molecule has 7 heteroatoms. The van der Waals surface area contributed by atoms with Crippen LogP contribution in [0.5, 0.6) is 5.75 Å². The summed E-state index contributed by atoms with van der Waals surface area (Å²) in [5.41, 5.74) is 2.55. The lowest BCUT2D eigenvalue weighted by molar-refractivity contribution is -0.222. The number of rotatable bonds is 9. The van der Waals surface area contributed by atoms with Crippen molar-refractivity contribution >= 4 is 0 Å². The summed E-state index contributed by atoms with van der Waals surface area (Å²) in [5, 5.41) is 0. The van der Waals surface area contributed by atoms with Crippen molar-refractivity contribution in [3.8, 4) is 5.75 Å². The molecule has 3 fully saturated rings. The van der Waals surface area contributed by atoms with Crippen LogP contribution in [0.4, 0.5) is 22.0 Å². The number of halogens is 5. The zero-order valence-electron chi connectivity index (χ0n) is 23.6. The van der Waals surface area contributed by atoms with Crippen LogP contribution in [0.15, 0.2) is 49.1 Å². The van der Waals surface area contributed by atoms with E-state index in [9.17, 15) is 22.0 Å². The number of hydrogen-bond donors (Lipinski definition) is 0. The highest BCUT2D eigenvalue weighted by Gasteiger charge is 2.44. The van der Waals surface area contributed by atoms with Crippen LogP contribution in [-0.2, 0) is 4.74 Å². The summed E-state index contributed by atoms with van der Waals surface area (Å²) in [7, 11) is 0. The highest BCUT2D eigenvalue weighted by molar-refractivity contribution is 5.29. The fourth-order valence-corrected chi connectivity index (χ4v) is 7.49. The van der Waals surface area contributed by atoms with E-state index in [1.807, 2.05) is 6.08 Å². The van der Waals surface area contributed by atoms with Gasteiger partial charge in [-0.05, 0) is 112 Å². The molecule has 2 aromatic rings. The number of ether oxygens (including phenoxy) is 2. The molecule has 0 unspecified atom stereocenters. The van der Waals surface area contributed by atoms with Crippen LogP contribution in [0.1, 0.15) is 100 Å². The summed E-state index contributed by atoms with van der Waals surface area (Å²) >= 11 is 0.